The van der Waals surface area contributed by atoms with Crippen molar-refractivity contribution in [3.63, 3.8) is 0 Å². The Hall–Kier alpha value is -0.870. The number of aromatic nitrogens is 2. The Morgan fingerprint density at radius 2 is 2.14 bits per heavy atom. The second kappa shape index (κ2) is 5.73. The van der Waals surface area contributed by atoms with Gasteiger partial charge in [-0.1, -0.05) is 19.8 Å². The number of rotatable bonds is 4. The molecule has 4 rings (SSSR count). The lowest BCUT2D eigenvalue weighted by molar-refractivity contribution is 0.207. The quantitative estimate of drug-likeness (QED) is 0.924. The highest BCUT2D eigenvalue weighted by molar-refractivity contribution is 5.04. The van der Waals surface area contributed by atoms with Gasteiger partial charge in [-0.15, -0.1) is 0 Å². The lowest BCUT2D eigenvalue weighted by Crippen LogP contribution is -2.34. The van der Waals surface area contributed by atoms with Crippen LogP contribution in [0.1, 0.15) is 50.8 Å². The van der Waals surface area contributed by atoms with Crippen LogP contribution in [0.25, 0.3) is 0 Å². The Kier molecular flexibility index (Phi) is 3.76. The summed E-state index contributed by atoms with van der Waals surface area (Å²) in [7, 11) is 0. The molecule has 3 unspecified atom stereocenters. The summed E-state index contributed by atoms with van der Waals surface area (Å²) in [6.45, 7) is 7.08. The summed E-state index contributed by atoms with van der Waals surface area (Å²) < 4.78 is 2.24. The summed E-state index contributed by atoms with van der Waals surface area (Å²) in [5, 5.41) is 8.45. The average molecular weight is 288 g/mol. The molecule has 116 valence electrons. The maximum Gasteiger partial charge on any atom is 0.0765 e. The van der Waals surface area contributed by atoms with Crippen molar-refractivity contribution in [1.29, 1.82) is 0 Å². The van der Waals surface area contributed by atoms with E-state index < -0.39 is 0 Å². The first kappa shape index (κ1) is 13.8. The summed E-state index contributed by atoms with van der Waals surface area (Å²) in [6.07, 6.45) is 8.87. The average Bonchev–Trinajstić information content (AvgIpc) is 3.23. The number of likely N-dealkylation sites (tertiary alicyclic amines) is 1. The summed E-state index contributed by atoms with van der Waals surface area (Å²) in [5.41, 5.74) is 1.27. The van der Waals surface area contributed by atoms with Gasteiger partial charge in [-0.3, -0.25) is 9.58 Å². The fourth-order valence-corrected chi connectivity index (χ4v) is 4.90. The molecule has 0 amide bonds. The second-order valence-electron chi connectivity index (χ2n) is 7.21. The van der Waals surface area contributed by atoms with Gasteiger partial charge >= 0.3 is 0 Å². The summed E-state index contributed by atoms with van der Waals surface area (Å²) >= 11 is 0. The van der Waals surface area contributed by atoms with Crippen LogP contribution in [-0.4, -0.2) is 40.4 Å². The highest BCUT2D eigenvalue weighted by Gasteiger charge is 2.43. The zero-order chi connectivity index (χ0) is 14.2. The lowest BCUT2D eigenvalue weighted by Gasteiger charge is -2.26. The molecule has 1 saturated carbocycles. The zero-order valence-electron chi connectivity index (χ0n) is 13.2. The second-order valence-corrected chi connectivity index (χ2v) is 7.21. The first-order chi connectivity index (χ1) is 10.3. The standard InChI is InChI=1S/C17H28N4/c1-2-17-16-10-18-9-13(16)11-20(17)12-14-7-8-21(19-14)15-5-3-4-6-15/h7-8,13,15-18H,2-6,9-12H2,1H3. The molecule has 1 aromatic heterocycles. The van der Waals surface area contributed by atoms with E-state index in [-0.39, 0.29) is 0 Å². The summed E-state index contributed by atoms with van der Waals surface area (Å²) in [5.74, 6) is 1.73. The third-order valence-corrected chi connectivity index (χ3v) is 5.97. The summed E-state index contributed by atoms with van der Waals surface area (Å²) in [4.78, 5) is 2.69. The van der Waals surface area contributed by atoms with Crippen LogP contribution in [0.15, 0.2) is 12.3 Å². The molecule has 2 aliphatic heterocycles. The van der Waals surface area contributed by atoms with E-state index in [4.69, 9.17) is 5.10 Å². The van der Waals surface area contributed by atoms with Crippen LogP contribution in [0, 0.1) is 11.8 Å². The Balaban J connectivity index is 1.43. The molecule has 0 aromatic carbocycles. The van der Waals surface area contributed by atoms with Gasteiger partial charge in [-0.05, 0) is 50.3 Å². The topological polar surface area (TPSA) is 33.1 Å². The predicted octanol–water partition coefficient (Wildman–Crippen LogP) is 2.43. The molecule has 0 bridgehead atoms. The van der Waals surface area contributed by atoms with Crippen molar-refractivity contribution in [2.75, 3.05) is 19.6 Å². The van der Waals surface area contributed by atoms with Gasteiger partial charge in [0.1, 0.15) is 0 Å². The molecule has 4 nitrogen and oxygen atoms in total. The van der Waals surface area contributed by atoms with Gasteiger partial charge in [0.2, 0.25) is 0 Å². The smallest absolute Gasteiger partial charge is 0.0765 e. The highest BCUT2D eigenvalue weighted by Crippen LogP contribution is 2.35. The van der Waals surface area contributed by atoms with Gasteiger partial charge in [0.25, 0.3) is 0 Å². The predicted molar refractivity (Wildman–Crippen MR) is 84.1 cm³/mol. The van der Waals surface area contributed by atoms with Gasteiger partial charge in [0, 0.05) is 25.3 Å². The first-order valence-electron chi connectivity index (χ1n) is 8.84. The van der Waals surface area contributed by atoms with Crippen LogP contribution >= 0.6 is 0 Å². The third-order valence-electron chi connectivity index (χ3n) is 5.97. The first-order valence-corrected chi connectivity index (χ1v) is 8.84. The Bertz CT molecular complexity index is 477. The Morgan fingerprint density at radius 1 is 1.29 bits per heavy atom. The SMILES string of the molecule is CCC1C2CNCC2CN1Cc1ccn(C2CCCC2)n1. The minimum Gasteiger partial charge on any atom is -0.316 e. The highest BCUT2D eigenvalue weighted by atomic mass is 15.3. The van der Waals surface area contributed by atoms with E-state index in [1.165, 1.54) is 57.4 Å². The molecular weight excluding hydrogens is 260 g/mol. The lowest BCUT2D eigenvalue weighted by atomic mass is 9.93. The maximum atomic E-state index is 4.88. The fraction of sp³-hybridized carbons (Fsp3) is 0.824. The number of hydrogen-bond donors (Lipinski definition) is 1. The monoisotopic (exact) mass is 288 g/mol. The molecule has 2 saturated heterocycles. The molecule has 3 aliphatic rings. The van der Waals surface area contributed by atoms with E-state index in [0.717, 1.165) is 24.4 Å². The van der Waals surface area contributed by atoms with E-state index in [9.17, 15) is 0 Å². The minimum absolute atomic E-state index is 0.669. The number of nitrogens with zero attached hydrogens (tertiary/aromatic N) is 3. The molecule has 3 heterocycles. The maximum absolute atomic E-state index is 4.88. The van der Waals surface area contributed by atoms with Crippen LogP contribution in [-0.2, 0) is 6.54 Å². The Morgan fingerprint density at radius 3 is 2.95 bits per heavy atom. The van der Waals surface area contributed by atoms with Crippen molar-refractivity contribution in [2.24, 2.45) is 11.8 Å². The van der Waals surface area contributed by atoms with Gasteiger partial charge in [0.15, 0.2) is 0 Å². The zero-order valence-corrected chi connectivity index (χ0v) is 13.2. The Labute approximate surface area is 127 Å². The van der Waals surface area contributed by atoms with Crippen molar-refractivity contribution >= 4 is 0 Å². The van der Waals surface area contributed by atoms with Gasteiger partial charge in [0.05, 0.1) is 11.7 Å². The van der Waals surface area contributed by atoms with Crippen molar-refractivity contribution < 1.29 is 0 Å². The van der Waals surface area contributed by atoms with Crippen LogP contribution in [0.4, 0.5) is 0 Å². The van der Waals surface area contributed by atoms with E-state index >= 15 is 0 Å². The molecule has 0 radical (unpaired) electrons. The summed E-state index contributed by atoms with van der Waals surface area (Å²) in [6, 6.07) is 3.67. The van der Waals surface area contributed by atoms with Gasteiger partial charge in [-0.25, -0.2) is 0 Å². The molecule has 3 atom stereocenters. The molecule has 21 heavy (non-hydrogen) atoms. The largest absolute Gasteiger partial charge is 0.316 e. The molecule has 1 N–H and O–H groups in total. The number of nitrogens with one attached hydrogen (secondary N) is 1. The van der Waals surface area contributed by atoms with Gasteiger partial charge in [-0.2, -0.15) is 5.10 Å². The third kappa shape index (κ3) is 2.53. The van der Waals surface area contributed by atoms with Crippen molar-refractivity contribution in [3.05, 3.63) is 18.0 Å². The molecular formula is C17H28N4. The van der Waals surface area contributed by atoms with E-state index in [2.05, 4.69) is 34.1 Å². The van der Waals surface area contributed by atoms with E-state index in [1.807, 2.05) is 0 Å². The van der Waals surface area contributed by atoms with Crippen molar-refractivity contribution in [2.45, 2.75) is 57.7 Å². The van der Waals surface area contributed by atoms with E-state index in [1.54, 1.807) is 0 Å². The van der Waals surface area contributed by atoms with Crippen LogP contribution in [0.5, 0.6) is 0 Å². The minimum atomic E-state index is 0.669. The molecule has 1 aromatic rings. The number of hydrogen-bond acceptors (Lipinski definition) is 3. The normalized spacial score (nSPS) is 33.9. The molecule has 0 spiro atoms. The van der Waals surface area contributed by atoms with Crippen LogP contribution in [0.3, 0.4) is 0 Å². The molecule has 4 heteroatoms. The van der Waals surface area contributed by atoms with Gasteiger partial charge < -0.3 is 5.32 Å². The fourth-order valence-electron chi connectivity index (χ4n) is 4.90. The number of fused-ring (bicyclic) bond motifs is 1. The molecule has 1 aliphatic carbocycles. The van der Waals surface area contributed by atoms with Crippen molar-refractivity contribution in [1.82, 2.24) is 20.0 Å². The van der Waals surface area contributed by atoms with Crippen LogP contribution in [0.2, 0.25) is 0 Å². The molecule has 3 fully saturated rings. The van der Waals surface area contributed by atoms with Crippen molar-refractivity contribution in [3.8, 4) is 0 Å². The van der Waals surface area contributed by atoms with Crippen LogP contribution < -0.4 is 5.32 Å². The van der Waals surface area contributed by atoms with E-state index in [0.29, 0.717) is 6.04 Å².